The summed E-state index contributed by atoms with van der Waals surface area (Å²) in [5, 5.41) is 31.9. The van der Waals surface area contributed by atoms with Gasteiger partial charge in [0, 0.05) is 5.39 Å². The quantitative estimate of drug-likeness (QED) is 0.0816. The lowest BCUT2D eigenvalue weighted by Crippen LogP contribution is -2.15. The summed E-state index contributed by atoms with van der Waals surface area (Å²) in [5.41, 5.74) is -1.62. The van der Waals surface area contributed by atoms with Crippen molar-refractivity contribution in [1.29, 1.82) is 0 Å². The highest BCUT2D eigenvalue weighted by atomic mass is 32.3. The first-order chi connectivity index (χ1) is 22.2. The SMILES string of the molecule is COS(=O)(=O)CCc1ccc2c(S(=O)(=O)O)c(N=Nc3c(C(=O)O)nn(-c4ccc(S(=O)(=O)CCOS(=O)(=O)O)cc4)c3O)ccc2c1. The second-order valence-corrected chi connectivity index (χ2v) is 16.0. The fourth-order valence-electron chi connectivity index (χ4n) is 4.25. The van der Waals surface area contributed by atoms with E-state index in [-0.39, 0.29) is 33.5 Å². The molecule has 0 unspecified atom stereocenters. The molecule has 19 nitrogen and oxygen atoms in total. The van der Waals surface area contributed by atoms with Crippen molar-refractivity contribution in [3.8, 4) is 11.6 Å². The number of aromatic carboxylic acids is 1. The molecule has 4 aromatic rings. The lowest BCUT2D eigenvalue weighted by molar-refractivity contribution is 0.0690. The van der Waals surface area contributed by atoms with Crippen molar-refractivity contribution in [1.82, 2.24) is 9.78 Å². The number of aromatic hydroxyl groups is 1. The van der Waals surface area contributed by atoms with E-state index < -0.39 is 86.6 Å². The maximum Gasteiger partial charge on any atom is 0.397 e. The van der Waals surface area contributed by atoms with Gasteiger partial charge in [0.15, 0.2) is 15.5 Å². The number of carboxylic acid groups (broad SMARTS) is 1. The summed E-state index contributed by atoms with van der Waals surface area (Å²) in [6.07, 6.45) is 0.0283. The van der Waals surface area contributed by atoms with Crippen molar-refractivity contribution < 1.29 is 66.2 Å². The number of benzene rings is 3. The van der Waals surface area contributed by atoms with E-state index in [9.17, 15) is 53.2 Å². The van der Waals surface area contributed by atoms with Crippen LogP contribution in [0.5, 0.6) is 5.88 Å². The van der Waals surface area contributed by atoms with Gasteiger partial charge in [0.2, 0.25) is 11.6 Å². The summed E-state index contributed by atoms with van der Waals surface area (Å²) in [4.78, 5) is 10.9. The number of sulfone groups is 1. The van der Waals surface area contributed by atoms with Crippen molar-refractivity contribution in [2.45, 2.75) is 16.2 Å². The molecule has 3 aromatic carbocycles. The first-order valence-electron chi connectivity index (χ1n) is 13.0. The summed E-state index contributed by atoms with van der Waals surface area (Å²) in [6.45, 7) is -0.877. The van der Waals surface area contributed by atoms with Crippen molar-refractivity contribution >= 4 is 68.6 Å². The van der Waals surface area contributed by atoms with Crippen LogP contribution in [0.3, 0.4) is 0 Å². The Morgan fingerprint density at radius 1 is 0.896 bits per heavy atom. The van der Waals surface area contributed by atoms with Gasteiger partial charge in [0.1, 0.15) is 10.6 Å². The Kier molecular flexibility index (Phi) is 10.4. The number of aryl methyl sites for hydroxylation is 1. The van der Waals surface area contributed by atoms with Gasteiger partial charge in [-0.15, -0.1) is 10.2 Å². The molecule has 1 aromatic heterocycles. The minimum Gasteiger partial charge on any atom is -0.492 e. The number of carboxylic acids is 1. The van der Waals surface area contributed by atoms with Gasteiger partial charge in [-0.1, -0.05) is 24.3 Å². The molecule has 0 aliphatic heterocycles. The molecule has 0 bridgehead atoms. The average Bonchev–Trinajstić information content (AvgIpc) is 3.33. The van der Waals surface area contributed by atoms with E-state index >= 15 is 0 Å². The van der Waals surface area contributed by atoms with Crippen LogP contribution < -0.4 is 0 Å². The van der Waals surface area contributed by atoms with Crippen LogP contribution in [0.25, 0.3) is 16.5 Å². The zero-order chi connectivity index (χ0) is 35.7. The minimum absolute atomic E-state index is 0.0283. The molecule has 48 heavy (non-hydrogen) atoms. The lowest BCUT2D eigenvalue weighted by Gasteiger charge is -2.09. The van der Waals surface area contributed by atoms with Crippen molar-refractivity contribution in [2.75, 3.05) is 25.2 Å². The van der Waals surface area contributed by atoms with Crippen molar-refractivity contribution in [3.05, 3.63) is 65.9 Å². The molecule has 0 aliphatic carbocycles. The smallest absolute Gasteiger partial charge is 0.397 e. The van der Waals surface area contributed by atoms with E-state index in [0.717, 1.165) is 37.4 Å². The molecule has 0 amide bonds. The number of hydrogen-bond acceptors (Lipinski definition) is 15. The van der Waals surface area contributed by atoms with Gasteiger partial charge in [0.25, 0.3) is 20.2 Å². The molecule has 0 saturated carbocycles. The third-order valence-electron chi connectivity index (χ3n) is 6.49. The van der Waals surface area contributed by atoms with Gasteiger partial charge in [-0.05, 0) is 47.7 Å². The number of carbonyl (C=O) groups is 1. The minimum atomic E-state index is -4.99. The number of aromatic nitrogens is 2. The fraction of sp³-hybridized carbons (Fsp3) is 0.200. The van der Waals surface area contributed by atoms with Gasteiger partial charge in [-0.2, -0.15) is 35.0 Å². The van der Waals surface area contributed by atoms with Gasteiger partial charge in [-0.25, -0.2) is 17.4 Å². The van der Waals surface area contributed by atoms with Crippen LogP contribution >= 0.6 is 0 Å². The molecule has 23 heteroatoms. The zero-order valence-electron chi connectivity index (χ0n) is 24.2. The molecule has 1 heterocycles. The number of azo groups is 1. The van der Waals surface area contributed by atoms with E-state index in [0.29, 0.717) is 10.2 Å². The summed E-state index contributed by atoms with van der Waals surface area (Å²) in [5.74, 6) is -3.77. The molecular weight excluding hydrogens is 725 g/mol. The van der Waals surface area contributed by atoms with Crippen LogP contribution in [0, 0.1) is 0 Å². The number of nitrogens with zero attached hydrogens (tertiary/aromatic N) is 4. The molecule has 258 valence electrons. The third-order valence-corrected chi connectivity index (χ3v) is 10.8. The standard InChI is InChI=1S/C25H24N4O15S4/c1-43-46(35,36)12-10-15-2-8-19-16(14-15)3-9-20(23(19)47(37,38)39)26-27-21-22(25(31)32)28-29(24(21)30)17-4-6-18(7-5-17)45(33,34)13-11-44-48(40,41)42/h2-9,14,30H,10-13H2,1H3,(H,31,32)(H,37,38,39)(H,40,41,42). The molecule has 4 N–H and O–H groups in total. The van der Waals surface area contributed by atoms with Crippen LogP contribution in [0.2, 0.25) is 0 Å². The summed E-state index contributed by atoms with van der Waals surface area (Å²) < 4.78 is 122. The summed E-state index contributed by atoms with van der Waals surface area (Å²) >= 11 is 0. The second-order valence-electron chi connectivity index (χ2n) is 9.62. The third kappa shape index (κ3) is 8.56. The first-order valence-corrected chi connectivity index (χ1v) is 19.0. The zero-order valence-corrected chi connectivity index (χ0v) is 27.5. The number of hydrogen-bond donors (Lipinski definition) is 4. The monoisotopic (exact) mass is 748 g/mol. The van der Waals surface area contributed by atoms with E-state index in [2.05, 4.69) is 23.7 Å². The average molecular weight is 749 g/mol. The van der Waals surface area contributed by atoms with E-state index in [1.54, 1.807) is 0 Å². The summed E-state index contributed by atoms with van der Waals surface area (Å²) in [7, 11) is -16.7. The normalized spacial score (nSPS) is 13.0. The lowest BCUT2D eigenvalue weighted by atomic mass is 10.0. The molecule has 0 aliphatic rings. The molecule has 0 radical (unpaired) electrons. The van der Waals surface area contributed by atoms with Gasteiger partial charge >= 0.3 is 16.4 Å². The highest BCUT2D eigenvalue weighted by Crippen LogP contribution is 2.38. The Morgan fingerprint density at radius 2 is 1.56 bits per heavy atom. The van der Waals surface area contributed by atoms with Crippen LogP contribution in [0.4, 0.5) is 11.4 Å². The largest absolute Gasteiger partial charge is 0.492 e. The molecular formula is C25H24N4O15S4. The highest BCUT2D eigenvalue weighted by Gasteiger charge is 2.26. The molecule has 4 rings (SSSR count). The Balaban J connectivity index is 1.70. The Labute approximate surface area is 272 Å². The fourth-order valence-corrected chi connectivity index (χ4v) is 7.23. The van der Waals surface area contributed by atoms with Gasteiger partial charge in [-0.3, -0.25) is 13.3 Å². The van der Waals surface area contributed by atoms with Gasteiger partial charge in [0.05, 0.1) is 35.8 Å². The van der Waals surface area contributed by atoms with E-state index in [1.807, 2.05) is 0 Å². The predicted octanol–water partition coefficient (Wildman–Crippen LogP) is 2.20. The van der Waals surface area contributed by atoms with Crippen molar-refractivity contribution in [3.63, 3.8) is 0 Å². The number of rotatable bonds is 14. The topological polar surface area (TPSA) is 296 Å². The van der Waals surface area contributed by atoms with Crippen molar-refractivity contribution in [2.24, 2.45) is 10.2 Å². The molecule has 0 fully saturated rings. The van der Waals surface area contributed by atoms with Crippen LogP contribution in [-0.2, 0) is 55.3 Å². The maximum atomic E-state index is 12.5. The van der Waals surface area contributed by atoms with Crippen LogP contribution in [0.15, 0.2) is 74.6 Å². The van der Waals surface area contributed by atoms with Gasteiger partial charge < -0.3 is 10.2 Å². The second kappa shape index (κ2) is 13.6. The van der Waals surface area contributed by atoms with Crippen LogP contribution in [-0.4, -0.2) is 94.0 Å². The highest BCUT2D eigenvalue weighted by molar-refractivity contribution is 7.91. The molecule has 0 atom stereocenters. The number of fused-ring (bicyclic) bond motifs is 1. The maximum absolute atomic E-state index is 12.5. The van der Waals surface area contributed by atoms with Crippen LogP contribution in [0.1, 0.15) is 16.1 Å². The summed E-state index contributed by atoms with van der Waals surface area (Å²) in [6, 6.07) is 11.0. The molecule has 0 spiro atoms. The van der Waals surface area contributed by atoms with E-state index in [1.165, 1.54) is 24.3 Å². The van der Waals surface area contributed by atoms with E-state index in [4.69, 9.17) is 4.55 Å². The first kappa shape index (κ1) is 36.5. The predicted molar refractivity (Wildman–Crippen MR) is 164 cm³/mol. The Morgan fingerprint density at radius 3 is 2.15 bits per heavy atom. The Bertz CT molecular complexity index is 2370. The molecule has 0 saturated heterocycles. The Hall–Kier alpha value is -4.36.